The van der Waals surface area contributed by atoms with Gasteiger partial charge in [0.05, 0.1) is 24.9 Å². The maximum atomic E-state index is 14.1. The van der Waals surface area contributed by atoms with Gasteiger partial charge in [0.1, 0.15) is 17.7 Å². The van der Waals surface area contributed by atoms with Crippen LogP contribution in [0.4, 0.5) is 35.1 Å². The standard InChI is InChI=1S/C25H38F2O3.C24H42F2O4.C16H24O3.2C10H16F2.C4H8O2.C4H8O.2CN.2CH4.CH3.2Cu.Li/c1-6-7-16-25(26,27)20(5)14-15-21-19(4)17-23(28)22(21)12-10-8-9-11-13-24(29)30-18(2)3;1-5-6-15-24(25,26)22(28)14-13-19-18(4)16-21(27)20(19)11-9-7-8-10-12-23(29)30-17(2)3;1-12(2)19-16(18)9-7-5-4-6-8-14-10-13(3)11-15(14)17;2*1-4-6-8-10(11,12)9(3)7-5-2;1-3-6-4(2)5;1-2-4-5-3-1;2*1-2;;;;;;/h7-8,10,14-16,18-22H,6,9,11-13,17H2,1-5H3;17-20,22,28H,5-16H2,1-4H3;4,6,10,12-13H,5,7-9,11H2,1-3H3;2*5-9H,4H2,1-3H3;3H2,1-2H3;1-4H2;;;2*1H4;1H3;;;/q;;;;;;;2*-1;;;-1;+1;+2;/b10-8-,15-14+,16-7+;;6-4-;2*7-5+,8-6+;;;;;;;;;;/t19-,20?,21+,22-;18-,19+,20-,22?;13-;;;;;;;;;;;;/m110............/s1. The van der Waals surface area contributed by atoms with Crippen LogP contribution in [0, 0.1) is 90.3 Å². The van der Waals surface area contributed by atoms with E-state index in [1.165, 1.54) is 70.9 Å². The summed E-state index contributed by atoms with van der Waals surface area (Å²) in [5, 5.41) is 22.5. The smallest absolute Gasteiger partial charge is 0.512 e. The Morgan fingerprint density at radius 2 is 0.968 bits per heavy atom. The number of carbonyl (C=O) groups excluding carboxylic acids is 7. The number of Topliss-reactive ketones (excluding diaryl/α,β-unsaturated/α-hetero) is 3. The number of halogens is 8. The van der Waals surface area contributed by atoms with Gasteiger partial charge in [0, 0.05) is 114 Å². The van der Waals surface area contributed by atoms with Crippen molar-refractivity contribution >= 4 is 60.1 Å². The van der Waals surface area contributed by atoms with Crippen molar-refractivity contribution in [2.45, 2.75) is 375 Å². The molecule has 722 valence electrons. The van der Waals surface area contributed by atoms with Crippen LogP contribution in [-0.2, 0) is 91.4 Å². The zero-order valence-electron chi connectivity index (χ0n) is 78.0. The minimum atomic E-state index is -3.05. The molecular weight excluding hydrogens is 1700 g/mol. The third-order valence-electron chi connectivity index (χ3n) is 19.3. The molecule has 1 heterocycles. The molecule has 15 nitrogen and oxygen atoms in total. The fourth-order valence-electron chi connectivity index (χ4n) is 12.8. The van der Waals surface area contributed by atoms with E-state index in [1.807, 2.05) is 113 Å². The van der Waals surface area contributed by atoms with E-state index in [4.69, 9.17) is 42.6 Å². The molecule has 4 rings (SSSR count). The van der Waals surface area contributed by atoms with Crippen LogP contribution in [0.2, 0.25) is 0 Å². The van der Waals surface area contributed by atoms with E-state index in [-0.39, 0.29) is 183 Å². The fraction of sp³-hybridized carbons (Fsp3) is 0.714. The van der Waals surface area contributed by atoms with E-state index in [2.05, 4.69) is 17.7 Å². The molecule has 0 aromatic carbocycles. The molecule has 1 N–H and O–H groups in total. The number of aliphatic hydroxyl groups is 1. The van der Waals surface area contributed by atoms with Crippen molar-refractivity contribution < 1.29 is 132 Å². The monoisotopic (exact) mass is 1860 g/mol. The van der Waals surface area contributed by atoms with Crippen LogP contribution in [-0.4, -0.2) is 133 Å². The molecule has 4 aliphatic rings. The normalized spacial score (nSPS) is 18.9. The van der Waals surface area contributed by atoms with E-state index in [9.17, 15) is 73.8 Å². The molecule has 3 aliphatic carbocycles. The summed E-state index contributed by atoms with van der Waals surface area (Å²) in [7, 11) is 0. The van der Waals surface area contributed by atoms with Crippen molar-refractivity contribution in [1.29, 1.82) is 10.5 Å². The van der Waals surface area contributed by atoms with Gasteiger partial charge in [0.2, 0.25) is 0 Å². The number of ketones is 3. The summed E-state index contributed by atoms with van der Waals surface area (Å²) in [6, 6.07) is 0. The van der Waals surface area contributed by atoms with E-state index in [1.54, 1.807) is 39.0 Å². The summed E-state index contributed by atoms with van der Waals surface area (Å²) in [4.78, 5) is 80.5. The molecule has 3 fully saturated rings. The Balaban J connectivity index is -0.000000140. The quantitative estimate of drug-likeness (QED) is 0.0114. The number of rotatable bonds is 43. The van der Waals surface area contributed by atoms with Gasteiger partial charge in [-0.3, -0.25) is 33.6 Å². The van der Waals surface area contributed by atoms with Crippen molar-refractivity contribution in [2.24, 2.45) is 59.2 Å². The van der Waals surface area contributed by atoms with Crippen LogP contribution in [0.15, 0.2) is 109 Å². The van der Waals surface area contributed by atoms with Gasteiger partial charge < -0.3 is 59.9 Å². The van der Waals surface area contributed by atoms with Crippen molar-refractivity contribution in [3.8, 4) is 0 Å². The summed E-state index contributed by atoms with van der Waals surface area (Å²) >= 11 is 0. The number of alkyl halides is 8. The third kappa shape index (κ3) is 73.4. The van der Waals surface area contributed by atoms with Crippen molar-refractivity contribution in [1.82, 2.24) is 0 Å². The second-order valence-corrected chi connectivity index (χ2v) is 31.2. The minimum Gasteiger partial charge on any atom is -0.512 e. The second kappa shape index (κ2) is 85.6. The van der Waals surface area contributed by atoms with Crippen LogP contribution in [0.3, 0.4) is 0 Å². The Kier molecular flexibility index (Phi) is 97.8. The molecule has 2 saturated carbocycles. The molecule has 2 radical (unpaired) electrons. The number of nitrogens with zero attached hydrogens (tertiary/aromatic N) is 2. The van der Waals surface area contributed by atoms with Crippen molar-refractivity contribution in [3.63, 3.8) is 0 Å². The third-order valence-corrected chi connectivity index (χ3v) is 19.3. The Labute approximate surface area is 780 Å². The number of esters is 4. The molecule has 4 unspecified atom stereocenters. The van der Waals surface area contributed by atoms with Crippen LogP contribution in [0.1, 0.15) is 327 Å². The van der Waals surface area contributed by atoms with Gasteiger partial charge >= 0.3 is 58.0 Å². The molecule has 0 bridgehead atoms. The average Bonchev–Trinajstić information content (AvgIpc) is 1.69. The second-order valence-electron chi connectivity index (χ2n) is 31.2. The van der Waals surface area contributed by atoms with Gasteiger partial charge in [-0.25, -0.2) is 35.1 Å². The van der Waals surface area contributed by atoms with Gasteiger partial charge in [0.25, 0.3) is 23.7 Å². The van der Waals surface area contributed by atoms with Gasteiger partial charge in [0.15, 0.2) is 5.78 Å². The van der Waals surface area contributed by atoms with Crippen LogP contribution in [0.25, 0.3) is 0 Å². The summed E-state index contributed by atoms with van der Waals surface area (Å²) < 4.78 is 133. The van der Waals surface area contributed by atoms with Crippen molar-refractivity contribution in [3.05, 3.63) is 129 Å². The van der Waals surface area contributed by atoms with E-state index < -0.39 is 47.5 Å². The maximum Gasteiger partial charge on any atom is 2.00 e. The van der Waals surface area contributed by atoms with Gasteiger partial charge in [-0.2, -0.15) is 0 Å². The van der Waals surface area contributed by atoms with Crippen molar-refractivity contribution in [2.75, 3.05) is 19.8 Å². The zero-order valence-corrected chi connectivity index (χ0v) is 79.9. The largest absolute Gasteiger partial charge is 2.00 e. The SMILES string of the molecule is C.C.C/C=C/C(C)C(F)(F)/C=C/CC.C/C=C/C(C)C(F)(F)/C=C/CC.C1CCOC1.CC(C)OC(=O)CCC/C=C\CC1=C[C@H](C)CC1=O.CC/C=C/C(F)(F)C(C)/C=C/[C@H]1[C@H](C)CC(=O)[C@@H]1C/C=C\CCCC(=O)OC(C)C.CCCCC(F)(F)C(O)CC[C@H]1[C@H](C)CC(=O)[C@@H]1CCCCCCC(=O)OC(C)C.CCOC(C)=O.[C-]#N.[C-]#N.[CH3-].[Cu+2].[Cu+].[Li]. The van der Waals surface area contributed by atoms with Gasteiger partial charge in [-0.1, -0.05) is 195 Å². The number of ether oxygens (including phenoxy) is 5. The number of aliphatic hydroxyl groups excluding tert-OH is 1. The molecule has 0 amide bonds. The van der Waals surface area contributed by atoms with Crippen LogP contribution in [0.5, 0.6) is 0 Å². The molecule has 0 aromatic rings. The van der Waals surface area contributed by atoms with E-state index in [0.717, 1.165) is 94.8 Å². The first-order valence-corrected chi connectivity index (χ1v) is 43.0. The summed E-state index contributed by atoms with van der Waals surface area (Å²) in [5.74, 6) is -13.1. The molecule has 26 heteroatoms. The topological polar surface area (TPSA) is 233 Å². The fourth-order valence-corrected chi connectivity index (χ4v) is 12.8. The molecule has 11 atom stereocenters. The Bertz CT molecular complexity index is 2990. The maximum absolute atomic E-state index is 14.1. The first kappa shape index (κ1) is 142. The molecule has 124 heavy (non-hydrogen) atoms. The first-order valence-electron chi connectivity index (χ1n) is 43.0. The summed E-state index contributed by atoms with van der Waals surface area (Å²) in [5.41, 5.74) is 0.933. The molecular formula is C98H163Cu2F8LiN2O13. The van der Waals surface area contributed by atoms with E-state index >= 15 is 0 Å². The number of carbonyl (C=O) groups is 7. The Morgan fingerprint density at radius 1 is 0.565 bits per heavy atom. The molecule has 1 aliphatic heterocycles. The average molecular weight is 1860 g/mol. The van der Waals surface area contributed by atoms with Crippen LogP contribution >= 0.6 is 0 Å². The number of unbranched alkanes of at least 4 members (excludes halogenated alkanes) is 6. The van der Waals surface area contributed by atoms with Gasteiger partial charge in [-0.15, -0.1) is 0 Å². The van der Waals surface area contributed by atoms with E-state index in [0.29, 0.717) is 102 Å². The first-order chi connectivity index (χ1) is 55.5. The Morgan fingerprint density at radius 3 is 1.33 bits per heavy atom. The molecule has 0 aromatic heterocycles. The number of allylic oxidation sites excluding steroid dienone is 18. The van der Waals surface area contributed by atoms with Gasteiger partial charge in [-0.05, 0) is 218 Å². The molecule has 1 saturated heterocycles. The Hall–Kier alpha value is -5.47. The molecule has 0 spiro atoms. The summed E-state index contributed by atoms with van der Waals surface area (Å²) in [6.07, 6.45) is 42.8. The number of hydrogen-bond acceptors (Lipinski definition) is 15. The predicted molar refractivity (Wildman–Crippen MR) is 482 cm³/mol. The zero-order chi connectivity index (χ0) is 91.5. The summed E-state index contributed by atoms with van der Waals surface area (Å²) in [6.45, 7) is 47.7. The minimum absolute atomic E-state index is 0. The number of hydrogen-bond donors (Lipinski definition) is 1. The van der Waals surface area contributed by atoms with Crippen LogP contribution < -0.4 is 0 Å². The predicted octanol–water partition coefficient (Wildman–Crippen LogP) is 26.9.